The quantitative estimate of drug-likeness (QED) is 0.562. The zero-order valence-electron chi connectivity index (χ0n) is 14.3. The number of rotatable bonds is 6. The molecule has 0 N–H and O–H groups in total. The summed E-state index contributed by atoms with van der Waals surface area (Å²) in [6.07, 6.45) is 5.17. The van der Waals surface area contributed by atoms with Crippen LogP contribution in [0.5, 0.6) is 0 Å². The number of carbonyl (C=O) groups is 2. The topological polar surface area (TPSA) is 102 Å². The number of nitrogens with zero attached hydrogens (tertiary/aromatic N) is 2. The molecule has 0 bridgehead atoms. The fourth-order valence-corrected chi connectivity index (χ4v) is 3.06. The van der Waals surface area contributed by atoms with E-state index in [1.165, 1.54) is 31.2 Å². The first-order valence-corrected chi connectivity index (χ1v) is 9.12. The van der Waals surface area contributed by atoms with Crippen molar-refractivity contribution in [1.29, 1.82) is 5.26 Å². The highest BCUT2D eigenvalue weighted by molar-refractivity contribution is 7.98. The Bertz CT molecular complexity index is 895. The monoisotopic (exact) mass is 372 g/mol. The molecule has 7 nitrogen and oxygen atoms in total. The fraction of sp³-hybridized carbons (Fsp3) is 0.333. The Morgan fingerprint density at radius 2 is 2.15 bits per heavy atom. The molecule has 1 aliphatic rings. The molecule has 8 heteroatoms. The van der Waals surface area contributed by atoms with Crippen molar-refractivity contribution >= 4 is 23.7 Å². The van der Waals surface area contributed by atoms with Crippen molar-refractivity contribution in [2.45, 2.75) is 30.4 Å². The summed E-state index contributed by atoms with van der Waals surface area (Å²) in [5, 5.41) is 9.95. The van der Waals surface area contributed by atoms with Crippen molar-refractivity contribution in [2.75, 3.05) is 13.4 Å². The molecule has 2 heterocycles. The first-order valence-electron chi connectivity index (χ1n) is 7.89. The SMILES string of the molecule is COC(=O)c1ccoc1COC(=O)c1cc(C2CC2)nc(SC)c1C#N. The van der Waals surface area contributed by atoms with E-state index in [-0.39, 0.29) is 29.1 Å². The minimum atomic E-state index is -0.659. The van der Waals surface area contributed by atoms with Gasteiger partial charge in [0.2, 0.25) is 0 Å². The van der Waals surface area contributed by atoms with E-state index in [1.807, 2.05) is 6.07 Å². The number of methoxy groups -OCH3 is 1. The van der Waals surface area contributed by atoms with Crippen LogP contribution in [0.3, 0.4) is 0 Å². The molecule has 0 spiro atoms. The van der Waals surface area contributed by atoms with Crippen LogP contribution < -0.4 is 0 Å². The first-order chi connectivity index (χ1) is 12.6. The average molecular weight is 372 g/mol. The maximum atomic E-state index is 12.6. The Hall–Kier alpha value is -2.79. The minimum absolute atomic E-state index is 0.180. The van der Waals surface area contributed by atoms with Crippen LogP contribution in [0, 0.1) is 11.3 Å². The van der Waals surface area contributed by atoms with E-state index in [0.717, 1.165) is 18.5 Å². The van der Waals surface area contributed by atoms with Gasteiger partial charge in [-0.05, 0) is 31.2 Å². The number of carbonyl (C=O) groups excluding carboxylic acids is 2. The van der Waals surface area contributed by atoms with Crippen molar-refractivity contribution in [3.63, 3.8) is 0 Å². The molecule has 3 rings (SSSR count). The predicted molar refractivity (Wildman–Crippen MR) is 91.9 cm³/mol. The summed E-state index contributed by atoms with van der Waals surface area (Å²) in [4.78, 5) is 28.7. The number of nitriles is 1. The number of pyridine rings is 1. The number of hydrogen-bond donors (Lipinski definition) is 0. The zero-order valence-corrected chi connectivity index (χ0v) is 15.1. The molecule has 0 aliphatic heterocycles. The highest BCUT2D eigenvalue weighted by Crippen LogP contribution is 2.40. The molecular formula is C18H16N2O5S. The molecule has 1 saturated carbocycles. The summed E-state index contributed by atoms with van der Waals surface area (Å²) in [6.45, 7) is -0.239. The molecular weight excluding hydrogens is 356 g/mol. The van der Waals surface area contributed by atoms with Gasteiger partial charge in [0.05, 0.1) is 24.5 Å². The molecule has 0 atom stereocenters. The van der Waals surface area contributed by atoms with Crippen molar-refractivity contribution in [3.05, 3.63) is 46.5 Å². The van der Waals surface area contributed by atoms with E-state index >= 15 is 0 Å². The standard InChI is InChI=1S/C18H16N2O5S/c1-23-17(21)11-5-6-24-15(11)9-25-18(22)12-7-14(10-3-4-10)20-16(26-2)13(12)8-19/h5-7,10H,3-4,9H2,1-2H3. The van der Waals surface area contributed by atoms with Crippen molar-refractivity contribution in [2.24, 2.45) is 0 Å². The molecule has 134 valence electrons. The van der Waals surface area contributed by atoms with E-state index in [0.29, 0.717) is 10.9 Å². The molecule has 1 aliphatic carbocycles. The average Bonchev–Trinajstić information content (AvgIpc) is 3.42. The Morgan fingerprint density at radius 3 is 2.77 bits per heavy atom. The van der Waals surface area contributed by atoms with Gasteiger partial charge in [-0.25, -0.2) is 14.6 Å². The smallest absolute Gasteiger partial charge is 0.341 e. The van der Waals surface area contributed by atoms with Gasteiger partial charge < -0.3 is 13.9 Å². The van der Waals surface area contributed by atoms with E-state index in [2.05, 4.69) is 9.72 Å². The summed E-state index contributed by atoms with van der Waals surface area (Å²) in [6, 6.07) is 5.10. The first kappa shape index (κ1) is 18.0. The molecule has 1 fully saturated rings. The summed E-state index contributed by atoms with van der Waals surface area (Å²) in [5.74, 6) is -0.720. The van der Waals surface area contributed by atoms with E-state index in [1.54, 1.807) is 12.3 Å². The second-order valence-corrected chi connectivity index (χ2v) is 6.49. The van der Waals surface area contributed by atoms with Gasteiger partial charge in [0.1, 0.15) is 16.7 Å². The Balaban J connectivity index is 1.84. The number of ether oxygens (including phenoxy) is 2. The maximum Gasteiger partial charge on any atom is 0.341 e. The van der Waals surface area contributed by atoms with Crippen LogP contribution in [0.4, 0.5) is 0 Å². The summed E-state index contributed by atoms with van der Waals surface area (Å²) in [5.41, 5.74) is 1.37. The van der Waals surface area contributed by atoms with Gasteiger partial charge in [-0.1, -0.05) is 0 Å². The maximum absolute atomic E-state index is 12.6. The highest BCUT2D eigenvalue weighted by Gasteiger charge is 2.29. The lowest BCUT2D eigenvalue weighted by atomic mass is 10.1. The lowest BCUT2D eigenvalue weighted by Crippen LogP contribution is -2.11. The third-order valence-corrected chi connectivity index (χ3v) is 4.69. The van der Waals surface area contributed by atoms with Crippen molar-refractivity contribution in [1.82, 2.24) is 4.98 Å². The van der Waals surface area contributed by atoms with E-state index < -0.39 is 11.9 Å². The molecule has 2 aromatic heterocycles. The Morgan fingerprint density at radius 1 is 1.38 bits per heavy atom. The number of esters is 2. The molecule has 2 aromatic rings. The molecule has 0 amide bonds. The van der Waals surface area contributed by atoms with Crippen LogP contribution in [0.2, 0.25) is 0 Å². The van der Waals surface area contributed by atoms with E-state index in [4.69, 9.17) is 9.15 Å². The number of aromatic nitrogens is 1. The number of furan rings is 1. The number of thioether (sulfide) groups is 1. The summed E-state index contributed by atoms with van der Waals surface area (Å²) >= 11 is 1.32. The zero-order chi connectivity index (χ0) is 18.7. The van der Waals surface area contributed by atoms with Gasteiger partial charge in [-0.15, -0.1) is 11.8 Å². The van der Waals surface area contributed by atoms with E-state index in [9.17, 15) is 14.9 Å². The number of hydrogen-bond acceptors (Lipinski definition) is 8. The Kier molecular flexibility index (Phi) is 5.28. The third kappa shape index (κ3) is 3.58. The van der Waals surface area contributed by atoms with Gasteiger partial charge >= 0.3 is 11.9 Å². The third-order valence-electron chi connectivity index (χ3n) is 4.01. The van der Waals surface area contributed by atoms with Crippen molar-refractivity contribution < 1.29 is 23.5 Å². The highest BCUT2D eigenvalue weighted by atomic mass is 32.2. The van der Waals surface area contributed by atoms with Crippen LogP contribution >= 0.6 is 11.8 Å². The largest absolute Gasteiger partial charge is 0.465 e. The van der Waals surface area contributed by atoms with Crippen molar-refractivity contribution in [3.8, 4) is 6.07 Å². The van der Waals surface area contributed by atoms with Gasteiger partial charge in [-0.2, -0.15) is 5.26 Å². The molecule has 26 heavy (non-hydrogen) atoms. The summed E-state index contributed by atoms with van der Waals surface area (Å²) in [7, 11) is 1.25. The molecule has 0 saturated heterocycles. The fourth-order valence-electron chi connectivity index (χ4n) is 2.50. The molecule has 0 unspecified atom stereocenters. The Labute approximate surface area is 154 Å². The molecule has 0 aromatic carbocycles. The van der Waals surface area contributed by atoms with Gasteiger partial charge in [-0.3, -0.25) is 0 Å². The lowest BCUT2D eigenvalue weighted by molar-refractivity contribution is 0.0431. The predicted octanol–water partition coefficient (Wildman–Crippen LogP) is 3.29. The van der Waals surface area contributed by atoms with Crippen LogP contribution in [0.15, 0.2) is 27.8 Å². The molecule has 0 radical (unpaired) electrons. The minimum Gasteiger partial charge on any atom is -0.465 e. The van der Waals surface area contributed by atoms with Gasteiger partial charge in [0.25, 0.3) is 0 Å². The second kappa shape index (κ2) is 7.62. The second-order valence-electron chi connectivity index (χ2n) is 5.69. The van der Waals surface area contributed by atoms with Crippen LogP contribution in [0.1, 0.15) is 56.5 Å². The summed E-state index contributed by atoms with van der Waals surface area (Å²) < 4.78 is 15.1. The van der Waals surface area contributed by atoms with Crippen LogP contribution in [-0.4, -0.2) is 30.3 Å². The normalized spacial score (nSPS) is 13.1. The van der Waals surface area contributed by atoms with Gasteiger partial charge in [0, 0.05) is 11.6 Å². The lowest BCUT2D eigenvalue weighted by Gasteiger charge is -2.10. The van der Waals surface area contributed by atoms with Crippen LogP contribution in [0.25, 0.3) is 0 Å². The van der Waals surface area contributed by atoms with Gasteiger partial charge in [0.15, 0.2) is 12.4 Å². The van der Waals surface area contributed by atoms with Crippen LogP contribution in [-0.2, 0) is 16.1 Å².